The van der Waals surface area contributed by atoms with E-state index in [1.807, 2.05) is 0 Å². The molecule has 17 nitrogen and oxygen atoms in total. The summed E-state index contributed by atoms with van der Waals surface area (Å²) in [6, 6.07) is 0. The Hall–Kier alpha value is -1.55. The van der Waals surface area contributed by atoms with Crippen LogP contribution < -0.4 is 0 Å². The van der Waals surface area contributed by atoms with Crippen molar-refractivity contribution in [3.8, 4) is 0 Å². The molecular weight excluding hydrogens is 488 g/mol. The molecule has 0 rings (SSSR count). The molecule has 0 heterocycles. The van der Waals surface area contributed by atoms with Crippen LogP contribution in [0.25, 0.3) is 0 Å². The molecule has 0 fully saturated rings. The molecule has 212 valence electrons. The fourth-order valence-corrected chi connectivity index (χ4v) is 1.44. The van der Waals surface area contributed by atoms with Gasteiger partial charge >= 0.3 is 0 Å². The van der Waals surface area contributed by atoms with Crippen LogP contribution in [-0.2, 0) is 14.4 Å². The zero-order valence-electron chi connectivity index (χ0n) is 18.9. The highest BCUT2D eigenvalue weighted by atomic mass is 16.4. The summed E-state index contributed by atoms with van der Waals surface area (Å²) in [5, 5.41) is 119. The first-order chi connectivity index (χ1) is 16.2. The predicted molar refractivity (Wildman–Crippen MR) is 112 cm³/mol. The molecular formula is C18H38O17. The van der Waals surface area contributed by atoms with Crippen LogP contribution in [0, 0.1) is 0 Å². The van der Waals surface area contributed by atoms with Gasteiger partial charge in [0, 0.05) is 6.61 Å². The summed E-state index contributed by atoms with van der Waals surface area (Å²) in [5.74, 6) is -0.901. The minimum absolute atomic E-state index is 0.0258. The van der Waals surface area contributed by atoms with E-state index in [2.05, 4.69) is 0 Å². The van der Waals surface area contributed by atoms with Crippen molar-refractivity contribution in [3.63, 3.8) is 0 Å². The van der Waals surface area contributed by atoms with Crippen LogP contribution in [0.1, 0.15) is 6.92 Å². The maximum absolute atomic E-state index is 10.3. The van der Waals surface area contributed by atoms with Crippen LogP contribution in [0.3, 0.4) is 0 Å². The lowest BCUT2D eigenvalue weighted by atomic mass is 10.0. The lowest BCUT2D eigenvalue weighted by molar-refractivity contribution is -0.137. The van der Waals surface area contributed by atoms with Crippen molar-refractivity contribution in [2.75, 3.05) is 33.0 Å². The largest absolute Gasteiger partial charge is 0.397 e. The average Bonchev–Trinajstić information content (AvgIpc) is 2.89. The first-order valence-corrected chi connectivity index (χ1v) is 9.82. The van der Waals surface area contributed by atoms with Crippen molar-refractivity contribution >= 4 is 18.4 Å². The number of carbonyl (C=O) groups is 3. The third-order valence-corrected chi connectivity index (χ3v) is 3.53. The van der Waals surface area contributed by atoms with Gasteiger partial charge < -0.3 is 81.1 Å². The van der Waals surface area contributed by atoms with Crippen LogP contribution in [0.5, 0.6) is 0 Å². The van der Waals surface area contributed by atoms with E-state index in [-0.39, 0.29) is 19.2 Å². The zero-order chi connectivity index (χ0) is 28.7. The number of aliphatic hydroxyl groups is 14. The number of aliphatic hydroxyl groups excluding tert-OH is 14. The molecule has 0 aromatic heterocycles. The van der Waals surface area contributed by atoms with E-state index in [1.54, 1.807) is 6.92 Å². The highest BCUT2D eigenvalue weighted by molar-refractivity contribution is 5.84. The van der Waals surface area contributed by atoms with Crippen LogP contribution in [0.15, 0.2) is 0 Å². The van der Waals surface area contributed by atoms with Crippen molar-refractivity contribution in [2.24, 2.45) is 0 Å². The van der Waals surface area contributed by atoms with Gasteiger partial charge in [-0.15, -0.1) is 0 Å². The zero-order valence-corrected chi connectivity index (χ0v) is 18.9. The lowest BCUT2D eigenvalue weighted by Crippen LogP contribution is -2.46. The third kappa shape index (κ3) is 20.4. The molecule has 0 aliphatic heterocycles. The number of hydrogen-bond acceptors (Lipinski definition) is 17. The summed E-state index contributed by atoms with van der Waals surface area (Å²) in [6.45, 7) is -1.05. The summed E-state index contributed by atoms with van der Waals surface area (Å²) < 4.78 is 0. The Kier molecular flexibility index (Phi) is 29.6. The quantitative estimate of drug-likeness (QED) is 0.0990. The van der Waals surface area contributed by atoms with E-state index in [0.717, 1.165) is 0 Å². The highest BCUT2D eigenvalue weighted by Crippen LogP contribution is 2.03. The highest BCUT2D eigenvalue weighted by Gasteiger charge is 2.29. The SMILES string of the molecule is CCO.O=C(CO)[C@@H](O)[C@H](O)CO.O=C[C@H](O)[C@@H](O)[C@H](O)CO.O=C[C@H](O)[C@@H](O)[C@H](O)[C@H](O)CO. The average molecular weight is 526 g/mol. The van der Waals surface area contributed by atoms with Crippen molar-refractivity contribution < 1.29 is 85.9 Å². The number of rotatable bonds is 13. The van der Waals surface area contributed by atoms with E-state index in [0.29, 0.717) is 0 Å². The van der Waals surface area contributed by atoms with Crippen LogP contribution in [-0.4, -0.2) is 178 Å². The predicted octanol–water partition coefficient (Wildman–Crippen LogP) is -8.86. The minimum atomic E-state index is -1.79. The molecule has 0 aromatic rings. The van der Waals surface area contributed by atoms with Gasteiger partial charge in [0.25, 0.3) is 0 Å². The Morgan fingerprint density at radius 1 is 0.600 bits per heavy atom. The Labute approximate surface area is 200 Å². The summed E-state index contributed by atoms with van der Waals surface area (Å²) in [6.07, 6.45) is -14.7. The smallest absolute Gasteiger partial charge is 0.189 e. The standard InChI is InChI=1S/C6H12O6.2C5H10O5.C2H6O/c7-1-3(9)5(11)6(12)4(10)2-8;2*6-1-3(8)5(10)4(9)2-7;1-2-3/h1,3-6,8-12H,2H2;3,5-8,10H,1-2H2;1,3-5,7-10H,2H2;3H,2H2,1H3/t3-,4+,5+,6+;3-,5+;3-,4+,5+;/m010./s1. The maximum atomic E-state index is 10.3. The van der Waals surface area contributed by atoms with Crippen molar-refractivity contribution in [1.29, 1.82) is 0 Å². The molecule has 0 amide bonds. The van der Waals surface area contributed by atoms with Gasteiger partial charge in [0.05, 0.1) is 19.8 Å². The Morgan fingerprint density at radius 3 is 1.20 bits per heavy atom. The molecule has 9 atom stereocenters. The number of ketones is 1. The lowest BCUT2D eigenvalue weighted by Gasteiger charge is -2.22. The van der Waals surface area contributed by atoms with Gasteiger partial charge in [-0.2, -0.15) is 0 Å². The molecule has 35 heavy (non-hydrogen) atoms. The number of Topliss-reactive ketones (excluding diaryl/α,β-unsaturated/α-hetero) is 1. The normalized spacial score (nSPS) is 18.0. The Balaban J connectivity index is -0.000000195. The van der Waals surface area contributed by atoms with Crippen LogP contribution in [0.2, 0.25) is 0 Å². The van der Waals surface area contributed by atoms with E-state index in [1.165, 1.54) is 0 Å². The molecule has 0 aliphatic carbocycles. The van der Waals surface area contributed by atoms with Crippen molar-refractivity contribution in [2.45, 2.75) is 61.9 Å². The van der Waals surface area contributed by atoms with Crippen LogP contribution >= 0.6 is 0 Å². The van der Waals surface area contributed by atoms with Gasteiger partial charge in [0.2, 0.25) is 0 Å². The second kappa shape index (κ2) is 25.5. The Morgan fingerprint density at radius 2 is 0.914 bits per heavy atom. The summed E-state index contributed by atoms with van der Waals surface area (Å²) in [5.41, 5.74) is 0. The molecule has 0 radical (unpaired) electrons. The molecule has 0 aliphatic rings. The minimum Gasteiger partial charge on any atom is -0.397 e. The molecule has 0 aromatic carbocycles. The summed E-state index contributed by atoms with van der Waals surface area (Å²) >= 11 is 0. The van der Waals surface area contributed by atoms with E-state index >= 15 is 0 Å². The first kappa shape index (κ1) is 40.6. The van der Waals surface area contributed by atoms with Gasteiger partial charge in [-0.05, 0) is 6.92 Å². The molecule has 0 saturated heterocycles. The van der Waals surface area contributed by atoms with Gasteiger partial charge in [0.1, 0.15) is 61.5 Å². The summed E-state index contributed by atoms with van der Waals surface area (Å²) in [7, 11) is 0. The van der Waals surface area contributed by atoms with E-state index in [9.17, 15) is 14.4 Å². The summed E-state index contributed by atoms with van der Waals surface area (Å²) in [4.78, 5) is 30.0. The van der Waals surface area contributed by atoms with Crippen molar-refractivity contribution in [3.05, 3.63) is 0 Å². The molecule has 0 spiro atoms. The second-order valence-corrected chi connectivity index (χ2v) is 6.36. The first-order valence-electron chi connectivity index (χ1n) is 9.82. The topological polar surface area (TPSA) is 334 Å². The fraction of sp³-hybridized carbons (Fsp3) is 0.833. The fourth-order valence-electron chi connectivity index (χ4n) is 1.44. The van der Waals surface area contributed by atoms with Gasteiger partial charge in [0.15, 0.2) is 18.4 Å². The van der Waals surface area contributed by atoms with E-state index < -0.39 is 87.1 Å². The molecule has 14 N–H and O–H groups in total. The van der Waals surface area contributed by atoms with Crippen molar-refractivity contribution in [1.82, 2.24) is 0 Å². The molecule has 17 heteroatoms. The molecule has 0 unspecified atom stereocenters. The Bertz CT molecular complexity index is 507. The van der Waals surface area contributed by atoms with Crippen LogP contribution in [0.4, 0.5) is 0 Å². The van der Waals surface area contributed by atoms with Gasteiger partial charge in [-0.25, -0.2) is 0 Å². The third-order valence-electron chi connectivity index (χ3n) is 3.53. The number of carbonyl (C=O) groups excluding carboxylic acids is 3. The monoisotopic (exact) mass is 526 g/mol. The van der Waals surface area contributed by atoms with Gasteiger partial charge in [-0.1, -0.05) is 0 Å². The molecule has 0 bridgehead atoms. The van der Waals surface area contributed by atoms with Gasteiger partial charge in [-0.3, -0.25) is 4.79 Å². The molecule has 0 saturated carbocycles. The second-order valence-electron chi connectivity index (χ2n) is 6.36. The number of hydrogen-bond donors (Lipinski definition) is 14. The maximum Gasteiger partial charge on any atom is 0.189 e. The number of aldehydes is 2. The van der Waals surface area contributed by atoms with E-state index in [4.69, 9.17) is 71.5 Å².